The van der Waals surface area contributed by atoms with Gasteiger partial charge in [0.15, 0.2) is 0 Å². The van der Waals surface area contributed by atoms with Crippen LogP contribution in [0.25, 0.3) is 0 Å². The molecule has 2 aromatic rings. The van der Waals surface area contributed by atoms with E-state index in [1.54, 1.807) is 0 Å². The van der Waals surface area contributed by atoms with E-state index >= 15 is 0 Å². The van der Waals surface area contributed by atoms with Crippen molar-refractivity contribution in [3.05, 3.63) is 45.9 Å². The van der Waals surface area contributed by atoms with Gasteiger partial charge in [-0.15, -0.1) is 11.3 Å². The lowest BCUT2D eigenvalue weighted by Gasteiger charge is -2.24. The molecule has 2 aliphatic rings. The zero-order valence-electron chi connectivity index (χ0n) is 12.4. The molecule has 1 saturated carbocycles. The number of nitrogens with two attached hydrogens (primary N) is 1. The summed E-state index contributed by atoms with van der Waals surface area (Å²) >= 11 is 1.46. The van der Waals surface area contributed by atoms with Gasteiger partial charge >= 0.3 is 0 Å². The van der Waals surface area contributed by atoms with Crippen LogP contribution in [0.3, 0.4) is 0 Å². The minimum absolute atomic E-state index is 0.00664. The van der Waals surface area contributed by atoms with Gasteiger partial charge in [0.25, 0.3) is 5.91 Å². The van der Waals surface area contributed by atoms with E-state index in [0.29, 0.717) is 12.2 Å². The molecule has 1 aliphatic carbocycles. The highest BCUT2D eigenvalue weighted by Crippen LogP contribution is 2.50. The third kappa shape index (κ3) is 2.00. The first-order valence-electron chi connectivity index (χ1n) is 7.79. The van der Waals surface area contributed by atoms with Crippen molar-refractivity contribution in [1.29, 1.82) is 0 Å². The third-order valence-corrected chi connectivity index (χ3v) is 5.85. The number of rotatable bonds is 2. The van der Waals surface area contributed by atoms with Crippen molar-refractivity contribution < 1.29 is 4.79 Å². The molecule has 0 radical (unpaired) electrons. The Kier molecular flexibility index (Phi) is 3.27. The Labute approximate surface area is 134 Å². The molecule has 22 heavy (non-hydrogen) atoms. The summed E-state index contributed by atoms with van der Waals surface area (Å²) in [6.07, 6.45) is 4.87. The predicted octanol–water partition coefficient (Wildman–Crippen LogP) is 3.07. The van der Waals surface area contributed by atoms with Crippen LogP contribution in [-0.4, -0.2) is 17.4 Å². The zero-order valence-corrected chi connectivity index (χ0v) is 13.2. The van der Waals surface area contributed by atoms with Gasteiger partial charge in [-0.2, -0.15) is 0 Å². The number of amides is 1. The topological polar surface area (TPSA) is 59.2 Å². The maximum atomic E-state index is 12.9. The highest BCUT2D eigenvalue weighted by molar-refractivity contribution is 7.09. The second-order valence-electron chi connectivity index (χ2n) is 6.23. The SMILES string of the molecule is NCc1nc(C(=O)N2CC3(CCCC3)c3ccccc32)cs1. The molecule has 0 atom stereocenters. The van der Waals surface area contributed by atoms with Crippen LogP contribution in [0.2, 0.25) is 0 Å². The lowest BCUT2D eigenvalue weighted by molar-refractivity contribution is 0.0980. The van der Waals surface area contributed by atoms with E-state index in [1.807, 2.05) is 16.3 Å². The highest BCUT2D eigenvalue weighted by atomic mass is 32.1. The van der Waals surface area contributed by atoms with E-state index in [0.717, 1.165) is 17.2 Å². The number of fused-ring (bicyclic) bond motifs is 2. The number of thiazole rings is 1. The standard InChI is InChI=1S/C17H19N3OS/c18-9-15-19-13(10-22-15)16(21)20-11-17(7-3-4-8-17)12-5-1-2-6-14(12)20/h1-2,5-6,10H,3-4,7-9,11,18H2. The van der Waals surface area contributed by atoms with Crippen LogP contribution in [0, 0.1) is 0 Å². The molecule has 1 spiro atoms. The Morgan fingerprint density at radius 3 is 2.82 bits per heavy atom. The average Bonchev–Trinajstić information content (AvgIpc) is 3.28. The molecule has 1 amide bonds. The summed E-state index contributed by atoms with van der Waals surface area (Å²) in [5.41, 5.74) is 8.71. The second-order valence-corrected chi connectivity index (χ2v) is 7.17. The molecule has 2 N–H and O–H groups in total. The number of carbonyl (C=O) groups is 1. The van der Waals surface area contributed by atoms with E-state index in [4.69, 9.17) is 5.73 Å². The van der Waals surface area contributed by atoms with Crippen molar-refractivity contribution >= 4 is 22.9 Å². The Bertz CT molecular complexity index is 718. The van der Waals surface area contributed by atoms with Gasteiger partial charge in [-0.1, -0.05) is 31.0 Å². The van der Waals surface area contributed by atoms with Crippen molar-refractivity contribution in [2.45, 2.75) is 37.6 Å². The summed E-state index contributed by atoms with van der Waals surface area (Å²) < 4.78 is 0. The molecule has 1 aliphatic heterocycles. The predicted molar refractivity (Wildman–Crippen MR) is 88.3 cm³/mol. The number of benzene rings is 1. The Morgan fingerprint density at radius 1 is 1.32 bits per heavy atom. The Balaban J connectivity index is 1.72. The second kappa shape index (κ2) is 5.18. The van der Waals surface area contributed by atoms with Crippen LogP contribution in [-0.2, 0) is 12.0 Å². The van der Waals surface area contributed by atoms with Gasteiger partial charge in [0.1, 0.15) is 10.7 Å². The summed E-state index contributed by atoms with van der Waals surface area (Å²) in [6, 6.07) is 8.36. The van der Waals surface area contributed by atoms with Gasteiger partial charge in [0.05, 0.1) is 0 Å². The maximum Gasteiger partial charge on any atom is 0.277 e. The molecule has 0 saturated heterocycles. The van der Waals surface area contributed by atoms with E-state index in [1.165, 1.54) is 42.6 Å². The molecule has 1 aromatic heterocycles. The Hall–Kier alpha value is -1.72. The summed E-state index contributed by atoms with van der Waals surface area (Å²) in [4.78, 5) is 19.2. The number of aromatic nitrogens is 1. The van der Waals surface area contributed by atoms with Crippen molar-refractivity contribution in [3.63, 3.8) is 0 Å². The number of nitrogens with zero attached hydrogens (tertiary/aromatic N) is 2. The smallest absolute Gasteiger partial charge is 0.277 e. The largest absolute Gasteiger partial charge is 0.325 e. The van der Waals surface area contributed by atoms with Crippen LogP contribution >= 0.6 is 11.3 Å². The van der Waals surface area contributed by atoms with Crippen molar-refractivity contribution in [3.8, 4) is 0 Å². The summed E-state index contributed by atoms with van der Waals surface area (Å²) in [5.74, 6) is 0.00664. The third-order valence-electron chi connectivity index (χ3n) is 4.98. The lowest BCUT2D eigenvalue weighted by atomic mass is 9.81. The number of para-hydroxylation sites is 1. The number of anilines is 1. The summed E-state index contributed by atoms with van der Waals surface area (Å²) in [6.45, 7) is 1.18. The maximum absolute atomic E-state index is 12.9. The summed E-state index contributed by atoms with van der Waals surface area (Å²) in [7, 11) is 0. The van der Waals surface area contributed by atoms with Gasteiger partial charge in [-0.25, -0.2) is 4.98 Å². The molecule has 2 heterocycles. The molecule has 0 unspecified atom stereocenters. The van der Waals surface area contributed by atoms with E-state index in [2.05, 4.69) is 23.2 Å². The van der Waals surface area contributed by atoms with Crippen LogP contribution in [0.4, 0.5) is 5.69 Å². The molecular formula is C17H19N3OS. The van der Waals surface area contributed by atoms with Crippen LogP contribution in [0.15, 0.2) is 29.6 Å². The minimum atomic E-state index is 0.00664. The number of hydrogen-bond donors (Lipinski definition) is 1. The zero-order chi connectivity index (χ0) is 15.2. The molecule has 1 aromatic carbocycles. The first-order valence-corrected chi connectivity index (χ1v) is 8.67. The van der Waals surface area contributed by atoms with Crippen molar-refractivity contribution in [2.24, 2.45) is 5.73 Å². The molecule has 4 nitrogen and oxygen atoms in total. The first-order chi connectivity index (χ1) is 10.7. The summed E-state index contributed by atoms with van der Waals surface area (Å²) in [5, 5.41) is 2.64. The fourth-order valence-corrected chi connectivity index (χ4v) is 4.58. The Morgan fingerprint density at radius 2 is 2.09 bits per heavy atom. The molecule has 4 rings (SSSR count). The molecule has 114 valence electrons. The lowest BCUT2D eigenvalue weighted by Crippen LogP contribution is -2.35. The van der Waals surface area contributed by atoms with Gasteiger partial charge in [0.2, 0.25) is 0 Å². The first kappa shape index (κ1) is 13.9. The van der Waals surface area contributed by atoms with Crippen LogP contribution < -0.4 is 10.6 Å². The minimum Gasteiger partial charge on any atom is -0.325 e. The van der Waals surface area contributed by atoms with Crippen LogP contribution in [0.1, 0.15) is 46.7 Å². The normalized spacial score (nSPS) is 18.9. The van der Waals surface area contributed by atoms with Crippen molar-refractivity contribution in [2.75, 3.05) is 11.4 Å². The quantitative estimate of drug-likeness (QED) is 0.927. The number of hydrogen-bond acceptors (Lipinski definition) is 4. The molecule has 5 heteroatoms. The molecule has 0 bridgehead atoms. The monoisotopic (exact) mass is 313 g/mol. The number of carbonyl (C=O) groups excluding carboxylic acids is 1. The highest BCUT2D eigenvalue weighted by Gasteiger charge is 2.46. The average molecular weight is 313 g/mol. The van der Waals surface area contributed by atoms with E-state index in [-0.39, 0.29) is 11.3 Å². The fourth-order valence-electron chi connectivity index (χ4n) is 3.93. The van der Waals surface area contributed by atoms with Gasteiger partial charge < -0.3 is 10.6 Å². The van der Waals surface area contributed by atoms with E-state index < -0.39 is 0 Å². The van der Waals surface area contributed by atoms with Gasteiger partial charge in [-0.3, -0.25) is 4.79 Å². The van der Waals surface area contributed by atoms with E-state index in [9.17, 15) is 4.79 Å². The fraction of sp³-hybridized carbons (Fsp3) is 0.412. The van der Waals surface area contributed by atoms with Gasteiger partial charge in [0, 0.05) is 29.6 Å². The molecule has 1 fully saturated rings. The van der Waals surface area contributed by atoms with Crippen molar-refractivity contribution in [1.82, 2.24) is 4.98 Å². The van der Waals surface area contributed by atoms with Crippen LogP contribution in [0.5, 0.6) is 0 Å². The van der Waals surface area contributed by atoms with Gasteiger partial charge in [-0.05, 0) is 24.5 Å². The molecular weight excluding hydrogens is 294 g/mol.